The Bertz CT molecular complexity index is 691. The van der Waals surface area contributed by atoms with Crippen molar-refractivity contribution < 1.29 is 0 Å². The maximum Gasteiger partial charge on any atom is 0.183 e. The Morgan fingerprint density at radius 2 is 1.95 bits per heavy atom. The molecular formula is C13H14N6. The van der Waals surface area contributed by atoms with Gasteiger partial charge in [0.25, 0.3) is 0 Å². The van der Waals surface area contributed by atoms with Crippen LogP contribution in [-0.4, -0.2) is 32.0 Å². The molecule has 19 heavy (non-hydrogen) atoms. The van der Waals surface area contributed by atoms with Gasteiger partial charge in [0.2, 0.25) is 0 Å². The second-order valence-electron chi connectivity index (χ2n) is 4.17. The molecule has 0 aliphatic carbocycles. The highest BCUT2D eigenvalue weighted by molar-refractivity contribution is 5.85. The van der Waals surface area contributed by atoms with E-state index >= 15 is 0 Å². The summed E-state index contributed by atoms with van der Waals surface area (Å²) in [6.07, 6.45) is 1.55. The zero-order chi connectivity index (χ0) is 13.2. The van der Waals surface area contributed by atoms with Crippen molar-refractivity contribution in [1.82, 2.24) is 25.0 Å². The van der Waals surface area contributed by atoms with Crippen molar-refractivity contribution in [3.63, 3.8) is 0 Å². The van der Waals surface area contributed by atoms with Crippen LogP contribution in [-0.2, 0) is 6.54 Å². The summed E-state index contributed by atoms with van der Waals surface area (Å²) in [7, 11) is 1.96. The number of nitrogens with zero attached hydrogens (tertiary/aromatic N) is 6. The molecule has 6 nitrogen and oxygen atoms in total. The number of fused-ring (bicyclic) bond motifs is 1. The van der Waals surface area contributed by atoms with Crippen molar-refractivity contribution in [3.8, 4) is 0 Å². The Hall–Kier alpha value is -2.50. The maximum absolute atomic E-state index is 4.33. The van der Waals surface area contributed by atoms with E-state index in [4.69, 9.17) is 0 Å². The van der Waals surface area contributed by atoms with Gasteiger partial charge in [-0.1, -0.05) is 23.4 Å². The Morgan fingerprint density at radius 1 is 1.16 bits per heavy atom. The lowest BCUT2D eigenvalue weighted by atomic mass is 10.3. The number of benzene rings is 1. The van der Waals surface area contributed by atoms with Gasteiger partial charge in [0.05, 0.1) is 0 Å². The van der Waals surface area contributed by atoms with E-state index in [1.54, 1.807) is 11.0 Å². The Kier molecular flexibility index (Phi) is 2.83. The van der Waals surface area contributed by atoms with Crippen molar-refractivity contribution in [2.75, 3.05) is 11.9 Å². The molecule has 0 spiro atoms. The molecule has 0 aliphatic heterocycles. The van der Waals surface area contributed by atoms with Crippen molar-refractivity contribution in [3.05, 3.63) is 36.7 Å². The average Bonchev–Trinajstić information content (AvgIpc) is 2.90. The summed E-state index contributed by atoms with van der Waals surface area (Å²) in [6, 6.07) is 10.0. The number of aryl methyl sites for hydroxylation is 1. The van der Waals surface area contributed by atoms with E-state index in [0.29, 0.717) is 0 Å². The summed E-state index contributed by atoms with van der Waals surface area (Å²) in [4.78, 5) is 10.6. The van der Waals surface area contributed by atoms with Crippen LogP contribution in [0.4, 0.5) is 11.5 Å². The zero-order valence-electron chi connectivity index (χ0n) is 10.9. The summed E-state index contributed by atoms with van der Waals surface area (Å²) in [6.45, 7) is 2.75. The fourth-order valence-electron chi connectivity index (χ4n) is 2.01. The molecule has 6 heteroatoms. The van der Waals surface area contributed by atoms with Crippen LogP contribution in [0.2, 0.25) is 0 Å². The Labute approximate surface area is 110 Å². The van der Waals surface area contributed by atoms with Crippen LogP contribution in [0, 0.1) is 0 Å². The van der Waals surface area contributed by atoms with E-state index in [-0.39, 0.29) is 0 Å². The predicted octanol–water partition coefficient (Wildman–Crippen LogP) is 2.01. The van der Waals surface area contributed by atoms with Gasteiger partial charge in [-0.25, -0.2) is 14.6 Å². The van der Waals surface area contributed by atoms with E-state index in [1.807, 2.05) is 49.2 Å². The smallest absolute Gasteiger partial charge is 0.183 e. The first-order chi connectivity index (χ1) is 9.31. The summed E-state index contributed by atoms with van der Waals surface area (Å²) in [5, 5.41) is 8.27. The monoisotopic (exact) mass is 254 g/mol. The van der Waals surface area contributed by atoms with Gasteiger partial charge in [0, 0.05) is 19.3 Å². The van der Waals surface area contributed by atoms with E-state index in [1.165, 1.54) is 0 Å². The van der Waals surface area contributed by atoms with Crippen LogP contribution in [0.3, 0.4) is 0 Å². The largest absolute Gasteiger partial charge is 0.327 e. The molecule has 0 fully saturated rings. The lowest BCUT2D eigenvalue weighted by Gasteiger charge is -2.17. The minimum absolute atomic E-state index is 0.718. The van der Waals surface area contributed by atoms with Gasteiger partial charge in [-0.3, -0.25) is 0 Å². The molecule has 3 rings (SSSR count). The lowest BCUT2D eigenvalue weighted by Crippen LogP contribution is -2.12. The molecule has 0 aliphatic rings. The molecule has 0 saturated carbocycles. The molecule has 2 heterocycles. The quantitative estimate of drug-likeness (QED) is 0.715. The van der Waals surface area contributed by atoms with Crippen molar-refractivity contribution >= 4 is 22.7 Å². The van der Waals surface area contributed by atoms with Gasteiger partial charge in [0.1, 0.15) is 6.33 Å². The highest BCUT2D eigenvalue weighted by atomic mass is 15.4. The van der Waals surface area contributed by atoms with Crippen LogP contribution in [0.15, 0.2) is 36.7 Å². The molecule has 1 aromatic carbocycles. The van der Waals surface area contributed by atoms with Crippen LogP contribution in [0.1, 0.15) is 6.92 Å². The Balaban J connectivity index is 2.13. The third-order valence-corrected chi connectivity index (χ3v) is 3.04. The van der Waals surface area contributed by atoms with Gasteiger partial charge in [-0.05, 0) is 19.1 Å². The molecule has 0 unspecified atom stereocenters. The lowest BCUT2D eigenvalue weighted by molar-refractivity contribution is 0.641. The summed E-state index contributed by atoms with van der Waals surface area (Å²) in [5.74, 6) is 0.760. The van der Waals surface area contributed by atoms with Gasteiger partial charge in [-0.2, -0.15) is 0 Å². The highest BCUT2D eigenvalue weighted by Gasteiger charge is 2.14. The first kappa shape index (κ1) is 11.6. The van der Waals surface area contributed by atoms with Crippen molar-refractivity contribution in [1.29, 1.82) is 0 Å². The minimum atomic E-state index is 0.718. The summed E-state index contributed by atoms with van der Waals surface area (Å²) in [5.41, 5.74) is 2.53. The molecule has 96 valence electrons. The van der Waals surface area contributed by atoms with Crippen molar-refractivity contribution in [2.24, 2.45) is 0 Å². The molecule has 0 bridgehead atoms. The van der Waals surface area contributed by atoms with Crippen LogP contribution < -0.4 is 4.90 Å². The van der Waals surface area contributed by atoms with Crippen LogP contribution in [0.5, 0.6) is 0 Å². The zero-order valence-corrected chi connectivity index (χ0v) is 10.9. The molecule has 0 saturated heterocycles. The fourth-order valence-corrected chi connectivity index (χ4v) is 2.01. The normalized spacial score (nSPS) is 10.8. The highest BCUT2D eigenvalue weighted by Crippen LogP contribution is 2.25. The van der Waals surface area contributed by atoms with Gasteiger partial charge in [-0.15, -0.1) is 5.10 Å². The van der Waals surface area contributed by atoms with Gasteiger partial charge >= 0.3 is 0 Å². The third kappa shape index (κ3) is 1.91. The fraction of sp³-hybridized carbons (Fsp3) is 0.231. The Morgan fingerprint density at radius 3 is 2.68 bits per heavy atom. The first-order valence-electron chi connectivity index (χ1n) is 6.14. The van der Waals surface area contributed by atoms with Crippen LogP contribution in [0.25, 0.3) is 11.2 Å². The number of rotatable bonds is 3. The minimum Gasteiger partial charge on any atom is -0.327 e. The van der Waals surface area contributed by atoms with E-state index in [0.717, 1.165) is 29.2 Å². The molecule has 3 aromatic rings. The molecule has 0 radical (unpaired) electrons. The maximum atomic E-state index is 4.33. The average molecular weight is 254 g/mol. The van der Waals surface area contributed by atoms with E-state index < -0.39 is 0 Å². The van der Waals surface area contributed by atoms with Gasteiger partial charge in [0.15, 0.2) is 17.0 Å². The summed E-state index contributed by atoms with van der Waals surface area (Å²) >= 11 is 0. The van der Waals surface area contributed by atoms with E-state index in [2.05, 4.69) is 20.3 Å². The van der Waals surface area contributed by atoms with Crippen LogP contribution >= 0.6 is 0 Å². The topological polar surface area (TPSA) is 59.7 Å². The first-order valence-corrected chi connectivity index (χ1v) is 6.14. The second kappa shape index (κ2) is 4.64. The standard InChI is InChI=1S/C13H14N6/c1-3-19-13-11(16-17-19)12(14-9-15-13)18(2)10-7-5-4-6-8-10/h4-9H,3H2,1-2H3. The molecule has 0 N–H and O–H groups in total. The SMILES string of the molecule is CCn1nnc2c(N(C)c3ccccc3)ncnc21. The summed E-state index contributed by atoms with van der Waals surface area (Å²) < 4.78 is 1.76. The number of aromatic nitrogens is 5. The molecule has 2 aromatic heterocycles. The third-order valence-electron chi connectivity index (χ3n) is 3.04. The predicted molar refractivity (Wildman–Crippen MR) is 73.3 cm³/mol. The number of para-hydroxylation sites is 1. The molecule has 0 atom stereocenters. The number of hydrogen-bond acceptors (Lipinski definition) is 5. The number of hydrogen-bond donors (Lipinski definition) is 0. The molecular weight excluding hydrogens is 240 g/mol. The molecule has 0 amide bonds. The second-order valence-corrected chi connectivity index (χ2v) is 4.17. The number of anilines is 2. The van der Waals surface area contributed by atoms with E-state index in [9.17, 15) is 0 Å². The van der Waals surface area contributed by atoms with Crippen molar-refractivity contribution in [2.45, 2.75) is 13.5 Å². The van der Waals surface area contributed by atoms with Gasteiger partial charge < -0.3 is 4.90 Å².